The van der Waals surface area contributed by atoms with Crippen LogP contribution < -0.4 is 5.32 Å². The number of nitrogens with one attached hydrogen (secondary N) is 1. The fourth-order valence-corrected chi connectivity index (χ4v) is 2.98. The van der Waals surface area contributed by atoms with E-state index in [1.54, 1.807) is 24.0 Å². The summed E-state index contributed by atoms with van der Waals surface area (Å²) in [6, 6.07) is 13.6. The average Bonchev–Trinajstić information content (AvgIpc) is 2.72. The molecule has 2 rings (SSSR count). The molecule has 0 bridgehead atoms. The maximum absolute atomic E-state index is 13.2. The molecule has 0 aliphatic carbocycles. The monoisotopic (exact) mass is 398 g/mol. The number of hydrogen-bond donors (Lipinski definition) is 1. The molecule has 0 radical (unpaired) electrons. The van der Waals surface area contributed by atoms with Gasteiger partial charge in [0.2, 0.25) is 11.8 Å². The Bertz CT molecular complexity index is 803. The summed E-state index contributed by atoms with van der Waals surface area (Å²) in [6.07, 6.45) is 1.74. The maximum Gasteiger partial charge on any atom is 0.242 e. The molecular formula is C24H31FN2O2. The first kappa shape index (κ1) is 22.6. The first-order chi connectivity index (χ1) is 13.8. The van der Waals surface area contributed by atoms with E-state index < -0.39 is 6.04 Å². The van der Waals surface area contributed by atoms with E-state index in [0.29, 0.717) is 12.8 Å². The zero-order valence-electron chi connectivity index (χ0n) is 17.7. The number of hydrogen-bond acceptors (Lipinski definition) is 2. The normalized spacial score (nSPS) is 12.9. The van der Waals surface area contributed by atoms with Crippen LogP contribution in [0.25, 0.3) is 0 Å². The Balaban J connectivity index is 2.13. The first-order valence-electron chi connectivity index (χ1n) is 10.2. The van der Waals surface area contributed by atoms with Crippen molar-refractivity contribution in [2.45, 2.75) is 65.6 Å². The molecule has 0 aliphatic heterocycles. The molecule has 5 heteroatoms. The molecule has 0 spiro atoms. The maximum atomic E-state index is 13.2. The Kier molecular flexibility index (Phi) is 8.37. The largest absolute Gasteiger partial charge is 0.352 e. The van der Waals surface area contributed by atoms with Gasteiger partial charge in [-0.05, 0) is 56.9 Å². The Morgan fingerprint density at radius 2 is 1.59 bits per heavy atom. The summed E-state index contributed by atoms with van der Waals surface area (Å²) in [7, 11) is 0. The molecule has 0 unspecified atom stereocenters. The highest BCUT2D eigenvalue weighted by Crippen LogP contribution is 2.14. The number of carbonyl (C=O) groups is 2. The first-order valence-corrected chi connectivity index (χ1v) is 10.2. The molecule has 1 N–H and O–H groups in total. The lowest BCUT2D eigenvalue weighted by Gasteiger charge is -2.29. The van der Waals surface area contributed by atoms with Crippen molar-refractivity contribution < 1.29 is 14.0 Å². The minimum absolute atomic E-state index is 0.0419. The predicted octanol–water partition coefficient (Wildman–Crippen LogP) is 4.40. The second kappa shape index (κ2) is 10.7. The highest BCUT2D eigenvalue weighted by atomic mass is 19.1. The lowest BCUT2D eigenvalue weighted by molar-refractivity contribution is -0.140. The number of halogens is 1. The summed E-state index contributed by atoms with van der Waals surface area (Å²) in [6.45, 7) is 7.97. The van der Waals surface area contributed by atoms with E-state index in [0.717, 1.165) is 17.5 Å². The number of nitrogens with zero attached hydrogens (tertiary/aromatic N) is 1. The molecule has 2 atom stereocenters. The highest BCUT2D eigenvalue weighted by Gasteiger charge is 2.26. The van der Waals surface area contributed by atoms with Crippen LogP contribution in [0.5, 0.6) is 0 Å². The van der Waals surface area contributed by atoms with Crippen molar-refractivity contribution in [2.75, 3.05) is 0 Å². The predicted molar refractivity (Wildman–Crippen MR) is 114 cm³/mol. The molecule has 0 fully saturated rings. The second-order valence-corrected chi connectivity index (χ2v) is 7.63. The zero-order chi connectivity index (χ0) is 21.4. The molecule has 0 aliphatic rings. The lowest BCUT2D eigenvalue weighted by Crippen LogP contribution is -2.49. The van der Waals surface area contributed by atoms with Crippen molar-refractivity contribution in [3.63, 3.8) is 0 Å². The van der Waals surface area contributed by atoms with Crippen molar-refractivity contribution in [2.24, 2.45) is 0 Å². The highest BCUT2D eigenvalue weighted by molar-refractivity contribution is 5.87. The summed E-state index contributed by atoms with van der Waals surface area (Å²) >= 11 is 0. The van der Waals surface area contributed by atoms with E-state index in [1.807, 2.05) is 45.0 Å². The quantitative estimate of drug-likeness (QED) is 0.681. The fraction of sp³-hybridized carbons (Fsp3) is 0.417. The van der Waals surface area contributed by atoms with Crippen LogP contribution in [-0.4, -0.2) is 28.8 Å². The van der Waals surface area contributed by atoms with Gasteiger partial charge in [-0.1, -0.05) is 48.9 Å². The smallest absolute Gasteiger partial charge is 0.242 e. The Morgan fingerprint density at radius 3 is 2.17 bits per heavy atom. The van der Waals surface area contributed by atoms with Crippen LogP contribution in [0.4, 0.5) is 4.39 Å². The van der Waals surface area contributed by atoms with Gasteiger partial charge >= 0.3 is 0 Å². The van der Waals surface area contributed by atoms with Gasteiger partial charge in [0, 0.05) is 19.0 Å². The summed E-state index contributed by atoms with van der Waals surface area (Å²) in [5.74, 6) is -0.597. The van der Waals surface area contributed by atoms with E-state index in [-0.39, 0.29) is 30.2 Å². The number of amides is 2. The van der Waals surface area contributed by atoms with Gasteiger partial charge in [-0.25, -0.2) is 4.39 Å². The van der Waals surface area contributed by atoms with Crippen LogP contribution >= 0.6 is 0 Å². The number of carbonyl (C=O) groups excluding carboxylic acids is 2. The van der Waals surface area contributed by atoms with Crippen molar-refractivity contribution in [1.29, 1.82) is 0 Å². The van der Waals surface area contributed by atoms with Gasteiger partial charge in [0.1, 0.15) is 11.9 Å². The summed E-state index contributed by atoms with van der Waals surface area (Å²) in [5, 5.41) is 2.95. The van der Waals surface area contributed by atoms with E-state index in [9.17, 15) is 14.0 Å². The van der Waals surface area contributed by atoms with Gasteiger partial charge in [-0.15, -0.1) is 0 Å². The van der Waals surface area contributed by atoms with E-state index in [1.165, 1.54) is 17.7 Å². The third-order valence-corrected chi connectivity index (χ3v) is 5.18. The lowest BCUT2D eigenvalue weighted by atomic mass is 10.1. The molecular weight excluding hydrogens is 367 g/mol. The third kappa shape index (κ3) is 7.00. The van der Waals surface area contributed by atoms with Gasteiger partial charge in [-0.3, -0.25) is 9.59 Å². The van der Waals surface area contributed by atoms with Crippen LogP contribution in [0.2, 0.25) is 0 Å². The van der Waals surface area contributed by atoms with Crippen molar-refractivity contribution in [3.8, 4) is 0 Å². The Morgan fingerprint density at radius 1 is 1.00 bits per heavy atom. The molecule has 29 heavy (non-hydrogen) atoms. The summed E-state index contributed by atoms with van der Waals surface area (Å²) in [5.41, 5.74) is 3.05. The molecule has 2 aromatic carbocycles. The average molecular weight is 399 g/mol. The van der Waals surface area contributed by atoms with Gasteiger partial charge < -0.3 is 10.2 Å². The van der Waals surface area contributed by atoms with Crippen LogP contribution in [0, 0.1) is 12.7 Å². The van der Waals surface area contributed by atoms with Crippen molar-refractivity contribution in [1.82, 2.24) is 10.2 Å². The molecule has 0 aromatic heterocycles. The van der Waals surface area contributed by atoms with Crippen LogP contribution in [0.3, 0.4) is 0 Å². The number of aryl methyl sites for hydroxylation is 2. The molecule has 0 saturated carbocycles. The van der Waals surface area contributed by atoms with Crippen molar-refractivity contribution in [3.05, 3.63) is 71.0 Å². The van der Waals surface area contributed by atoms with Gasteiger partial charge in [0.05, 0.1) is 0 Å². The van der Waals surface area contributed by atoms with E-state index in [4.69, 9.17) is 0 Å². The SMILES string of the molecule is CC[C@H](C)NC(=O)[C@@H](C)N(Cc1ccc(F)cc1)C(=O)CCc1ccc(C)cc1. The fourth-order valence-electron chi connectivity index (χ4n) is 2.98. The molecule has 156 valence electrons. The third-order valence-electron chi connectivity index (χ3n) is 5.18. The molecule has 0 saturated heterocycles. The molecule has 0 heterocycles. The van der Waals surface area contributed by atoms with Crippen LogP contribution in [0.15, 0.2) is 48.5 Å². The molecule has 4 nitrogen and oxygen atoms in total. The summed E-state index contributed by atoms with van der Waals surface area (Å²) in [4.78, 5) is 27.3. The van der Waals surface area contributed by atoms with Gasteiger partial charge in [0.15, 0.2) is 0 Å². The molecule has 2 aromatic rings. The van der Waals surface area contributed by atoms with Crippen molar-refractivity contribution >= 4 is 11.8 Å². The van der Waals surface area contributed by atoms with E-state index >= 15 is 0 Å². The number of rotatable bonds is 9. The van der Waals surface area contributed by atoms with Crippen LogP contribution in [-0.2, 0) is 22.6 Å². The standard InChI is InChI=1S/C24H31FN2O2/c1-5-18(3)26-24(29)19(4)27(16-21-10-13-22(25)14-11-21)23(28)15-12-20-8-6-17(2)7-9-20/h6-11,13-14,18-19H,5,12,15-16H2,1-4H3,(H,26,29)/t18-,19+/m0/s1. The zero-order valence-corrected chi connectivity index (χ0v) is 17.7. The topological polar surface area (TPSA) is 49.4 Å². The Hall–Kier alpha value is -2.69. The molecule has 2 amide bonds. The van der Waals surface area contributed by atoms with Gasteiger partial charge in [-0.2, -0.15) is 0 Å². The summed E-state index contributed by atoms with van der Waals surface area (Å²) < 4.78 is 13.2. The Labute approximate surface area is 173 Å². The minimum Gasteiger partial charge on any atom is -0.352 e. The van der Waals surface area contributed by atoms with Crippen LogP contribution in [0.1, 0.15) is 50.3 Å². The van der Waals surface area contributed by atoms with E-state index in [2.05, 4.69) is 5.32 Å². The number of benzene rings is 2. The van der Waals surface area contributed by atoms with Gasteiger partial charge in [0.25, 0.3) is 0 Å². The second-order valence-electron chi connectivity index (χ2n) is 7.63. The minimum atomic E-state index is -0.612.